The molecule has 2 atom stereocenters. The lowest BCUT2D eigenvalue weighted by Crippen LogP contribution is -2.48. The van der Waals surface area contributed by atoms with Gasteiger partial charge in [-0.15, -0.1) is 0 Å². The van der Waals surface area contributed by atoms with Gasteiger partial charge in [-0.2, -0.15) is 4.31 Å². The molecule has 5 heteroatoms. The van der Waals surface area contributed by atoms with Crippen molar-refractivity contribution in [1.82, 2.24) is 4.31 Å². The maximum atomic E-state index is 12.7. The van der Waals surface area contributed by atoms with Gasteiger partial charge in [0.05, 0.1) is 17.1 Å². The van der Waals surface area contributed by atoms with Crippen molar-refractivity contribution in [3.8, 4) is 0 Å². The van der Waals surface area contributed by atoms with Gasteiger partial charge >= 0.3 is 0 Å². The summed E-state index contributed by atoms with van der Waals surface area (Å²) < 4.78 is 32.5. The van der Waals surface area contributed by atoms with Gasteiger partial charge in [0.25, 0.3) is 0 Å². The summed E-state index contributed by atoms with van der Waals surface area (Å²) in [5.74, 6) is 0. The molecule has 1 heterocycles. The molecule has 1 saturated heterocycles. The monoisotopic (exact) mass is 283 g/mol. The molecule has 1 aromatic carbocycles. The Morgan fingerprint density at radius 2 is 1.74 bits per heavy atom. The normalized spacial score (nSPS) is 25.5. The highest BCUT2D eigenvalue weighted by Crippen LogP contribution is 2.24. The third-order valence-electron chi connectivity index (χ3n) is 3.33. The summed E-state index contributed by atoms with van der Waals surface area (Å²) >= 11 is 0. The van der Waals surface area contributed by atoms with Gasteiger partial charge in [-0.1, -0.05) is 17.7 Å². The second-order valence-electron chi connectivity index (χ2n) is 5.35. The highest BCUT2D eigenvalue weighted by Gasteiger charge is 2.32. The van der Waals surface area contributed by atoms with Crippen LogP contribution < -0.4 is 0 Å². The fourth-order valence-electron chi connectivity index (χ4n) is 2.55. The molecule has 1 fully saturated rings. The number of hydrogen-bond donors (Lipinski definition) is 0. The first kappa shape index (κ1) is 14.5. The van der Waals surface area contributed by atoms with E-state index in [9.17, 15) is 8.42 Å². The SMILES string of the molecule is Cc1ccc(S(=O)(=O)N2C[C@@H](C)O[C@H](C)C2)c(C)c1. The van der Waals surface area contributed by atoms with E-state index in [1.807, 2.05) is 39.8 Å². The van der Waals surface area contributed by atoms with E-state index in [0.29, 0.717) is 18.0 Å². The Morgan fingerprint density at radius 3 is 2.26 bits per heavy atom. The van der Waals surface area contributed by atoms with Crippen LogP contribution in [0.4, 0.5) is 0 Å². The van der Waals surface area contributed by atoms with Crippen molar-refractivity contribution in [2.75, 3.05) is 13.1 Å². The van der Waals surface area contributed by atoms with E-state index < -0.39 is 10.0 Å². The van der Waals surface area contributed by atoms with Crippen molar-refractivity contribution in [2.24, 2.45) is 0 Å². The summed E-state index contributed by atoms with van der Waals surface area (Å²) in [4.78, 5) is 0.402. The molecule has 0 spiro atoms. The molecule has 1 aromatic rings. The minimum absolute atomic E-state index is 0.0655. The second kappa shape index (κ2) is 5.23. The summed E-state index contributed by atoms with van der Waals surface area (Å²) in [6.07, 6.45) is -0.131. The summed E-state index contributed by atoms with van der Waals surface area (Å²) in [7, 11) is -3.42. The molecule has 0 aromatic heterocycles. The zero-order valence-corrected chi connectivity index (χ0v) is 12.7. The topological polar surface area (TPSA) is 46.6 Å². The van der Waals surface area contributed by atoms with Crippen molar-refractivity contribution in [3.05, 3.63) is 29.3 Å². The predicted octanol–water partition coefficient (Wildman–Crippen LogP) is 2.10. The molecule has 2 rings (SSSR count). The van der Waals surface area contributed by atoms with E-state index in [4.69, 9.17) is 4.74 Å². The lowest BCUT2D eigenvalue weighted by atomic mass is 10.2. The smallest absolute Gasteiger partial charge is 0.243 e. The molecule has 0 amide bonds. The predicted molar refractivity (Wildman–Crippen MR) is 74.7 cm³/mol. The Bertz CT molecular complexity index is 558. The molecule has 0 bridgehead atoms. The van der Waals surface area contributed by atoms with Gasteiger partial charge in [0.2, 0.25) is 10.0 Å². The van der Waals surface area contributed by atoms with Gasteiger partial charge in [0.1, 0.15) is 0 Å². The lowest BCUT2D eigenvalue weighted by Gasteiger charge is -2.34. The zero-order chi connectivity index (χ0) is 14.2. The van der Waals surface area contributed by atoms with Gasteiger partial charge < -0.3 is 4.74 Å². The molecule has 0 aliphatic carbocycles. The average Bonchev–Trinajstić information content (AvgIpc) is 2.26. The van der Waals surface area contributed by atoms with Gasteiger partial charge in [-0.3, -0.25) is 0 Å². The Labute approximate surface area is 115 Å². The molecule has 1 aliphatic heterocycles. The first-order valence-corrected chi connectivity index (χ1v) is 7.97. The van der Waals surface area contributed by atoms with Crippen molar-refractivity contribution < 1.29 is 13.2 Å². The van der Waals surface area contributed by atoms with E-state index in [2.05, 4.69) is 0 Å². The molecular weight excluding hydrogens is 262 g/mol. The average molecular weight is 283 g/mol. The standard InChI is InChI=1S/C14H21NO3S/c1-10-5-6-14(11(2)7-10)19(16,17)15-8-12(3)18-13(4)9-15/h5-7,12-13H,8-9H2,1-4H3/t12-,13-/m1/s1. The molecule has 0 unspecified atom stereocenters. The van der Waals surface area contributed by atoms with Crippen LogP contribution in [-0.4, -0.2) is 38.0 Å². The highest BCUT2D eigenvalue weighted by atomic mass is 32.2. The number of nitrogens with zero attached hydrogens (tertiary/aromatic N) is 1. The third kappa shape index (κ3) is 2.99. The van der Waals surface area contributed by atoms with Crippen LogP contribution >= 0.6 is 0 Å². The number of aryl methyl sites for hydroxylation is 2. The second-order valence-corrected chi connectivity index (χ2v) is 7.25. The maximum absolute atomic E-state index is 12.7. The molecule has 1 aliphatic rings. The van der Waals surface area contributed by atoms with Crippen molar-refractivity contribution in [2.45, 2.75) is 44.8 Å². The summed E-state index contributed by atoms with van der Waals surface area (Å²) in [6.45, 7) is 8.44. The van der Waals surface area contributed by atoms with Gasteiger partial charge in [-0.05, 0) is 39.3 Å². The number of morpholine rings is 1. The minimum atomic E-state index is -3.42. The van der Waals surface area contributed by atoms with E-state index in [0.717, 1.165) is 11.1 Å². The minimum Gasteiger partial charge on any atom is -0.373 e. The molecule has 0 saturated carbocycles. The van der Waals surface area contributed by atoms with E-state index >= 15 is 0 Å². The van der Waals surface area contributed by atoms with Crippen LogP contribution in [0.5, 0.6) is 0 Å². The van der Waals surface area contributed by atoms with Crippen LogP contribution in [0.25, 0.3) is 0 Å². The Kier molecular flexibility index (Phi) is 3.99. The molecule has 0 radical (unpaired) electrons. The fraction of sp³-hybridized carbons (Fsp3) is 0.571. The molecule has 19 heavy (non-hydrogen) atoms. The lowest BCUT2D eigenvalue weighted by molar-refractivity contribution is -0.0440. The maximum Gasteiger partial charge on any atom is 0.243 e. The summed E-state index contributed by atoms with van der Waals surface area (Å²) in [5, 5.41) is 0. The highest BCUT2D eigenvalue weighted by molar-refractivity contribution is 7.89. The largest absolute Gasteiger partial charge is 0.373 e. The third-order valence-corrected chi connectivity index (χ3v) is 5.33. The van der Waals surface area contributed by atoms with E-state index in [1.54, 1.807) is 6.07 Å². The Morgan fingerprint density at radius 1 is 1.16 bits per heavy atom. The number of benzene rings is 1. The van der Waals surface area contributed by atoms with Crippen LogP contribution in [0.1, 0.15) is 25.0 Å². The quantitative estimate of drug-likeness (QED) is 0.835. The van der Waals surface area contributed by atoms with Crippen LogP contribution in [0, 0.1) is 13.8 Å². The first-order valence-electron chi connectivity index (χ1n) is 6.53. The number of ether oxygens (including phenoxy) is 1. The molecular formula is C14H21NO3S. The number of hydrogen-bond acceptors (Lipinski definition) is 3. The van der Waals surface area contributed by atoms with E-state index in [1.165, 1.54) is 4.31 Å². The fourth-order valence-corrected chi connectivity index (χ4v) is 4.35. The Hall–Kier alpha value is -0.910. The summed E-state index contributed by atoms with van der Waals surface area (Å²) in [6, 6.07) is 5.44. The molecule has 4 nitrogen and oxygen atoms in total. The van der Waals surface area contributed by atoms with Crippen LogP contribution in [0.2, 0.25) is 0 Å². The number of rotatable bonds is 2. The van der Waals surface area contributed by atoms with Crippen molar-refractivity contribution in [1.29, 1.82) is 0 Å². The van der Waals surface area contributed by atoms with Gasteiger partial charge in [0.15, 0.2) is 0 Å². The van der Waals surface area contributed by atoms with Crippen LogP contribution in [-0.2, 0) is 14.8 Å². The number of sulfonamides is 1. The Balaban J connectivity index is 2.36. The zero-order valence-electron chi connectivity index (χ0n) is 11.9. The van der Waals surface area contributed by atoms with Crippen LogP contribution in [0.3, 0.4) is 0 Å². The molecule has 0 N–H and O–H groups in total. The van der Waals surface area contributed by atoms with E-state index in [-0.39, 0.29) is 12.2 Å². The summed E-state index contributed by atoms with van der Waals surface area (Å²) in [5.41, 5.74) is 1.87. The van der Waals surface area contributed by atoms with Crippen molar-refractivity contribution in [3.63, 3.8) is 0 Å². The van der Waals surface area contributed by atoms with Crippen LogP contribution in [0.15, 0.2) is 23.1 Å². The first-order chi connectivity index (χ1) is 8.80. The van der Waals surface area contributed by atoms with Crippen molar-refractivity contribution >= 4 is 10.0 Å². The van der Waals surface area contributed by atoms with Gasteiger partial charge in [0, 0.05) is 13.1 Å². The van der Waals surface area contributed by atoms with Gasteiger partial charge in [-0.25, -0.2) is 8.42 Å². The molecule has 106 valence electrons.